The Bertz CT molecular complexity index is 1480. The Morgan fingerprint density at radius 2 is 1.20 bits per heavy atom. The summed E-state index contributed by atoms with van der Waals surface area (Å²) in [4.78, 5) is 4.95. The van der Waals surface area contributed by atoms with E-state index in [9.17, 15) is 5.11 Å². The largest absolute Gasteiger partial charge is 0.507 e. The second-order valence-corrected chi connectivity index (χ2v) is 9.79. The number of aromatic hydroxyl groups is 1. The molecular formula is C33H31NO. The normalized spacial score (nSPS) is 11.9. The van der Waals surface area contributed by atoms with Crippen LogP contribution < -0.4 is 0 Å². The van der Waals surface area contributed by atoms with Gasteiger partial charge in [-0.05, 0) is 56.6 Å². The van der Waals surface area contributed by atoms with Crippen molar-refractivity contribution in [1.82, 2.24) is 0 Å². The Morgan fingerprint density at radius 3 is 1.77 bits per heavy atom. The van der Waals surface area contributed by atoms with E-state index in [1.165, 1.54) is 11.1 Å². The molecule has 0 radical (unpaired) electrons. The molecule has 0 bridgehead atoms. The highest BCUT2D eigenvalue weighted by Crippen LogP contribution is 2.41. The van der Waals surface area contributed by atoms with Crippen LogP contribution in [0.5, 0.6) is 5.75 Å². The molecule has 0 saturated carbocycles. The summed E-state index contributed by atoms with van der Waals surface area (Å²) in [5, 5.41) is 16.1. The van der Waals surface area contributed by atoms with Gasteiger partial charge in [-0.25, -0.2) is 0 Å². The number of phenols is 1. The lowest BCUT2D eigenvalue weighted by atomic mass is 9.90. The summed E-state index contributed by atoms with van der Waals surface area (Å²) in [6, 6.07) is 31.3. The molecule has 174 valence electrons. The van der Waals surface area contributed by atoms with E-state index < -0.39 is 0 Å². The van der Waals surface area contributed by atoms with Crippen LogP contribution in [0.15, 0.2) is 96.0 Å². The summed E-state index contributed by atoms with van der Waals surface area (Å²) in [5.74, 6) is 0.983. The zero-order valence-electron chi connectivity index (χ0n) is 20.8. The zero-order chi connectivity index (χ0) is 24.5. The van der Waals surface area contributed by atoms with Gasteiger partial charge in [-0.15, -0.1) is 0 Å². The molecule has 5 rings (SSSR count). The lowest BCUT2D eigenvalue weighted by Gasteiger charge is -2.16. The van der Waals surface area contributed by atoms with Gasteiger partial charge in [-0.1, -0.05) is 107 Å². The molecule has 0 aliphatic rings. The third kappa shape index (κ3) is 4.21. The molecule has 0 heterocycles. The first-order valence-electron chi connectivity index (χ1n) is 12.4. The first kappa shape index (κ1) is 22.9. The summed E-state index contributed by atoms with van der Waals surface area (Å²) in [5.41, 5.74) is 6.05. The topological polar surface area (TPSA) is 32.6 Å². The highest BCUT2D eigenvalue weighted by molar-refractivity contribution is 6.14. The van der Waals surface area contributed by atoms with Gasteiger partial charge in [0.1, 0.15) is 5.75 Å². The molecule has 5 aromatic rings. The van der Waals surface area contributed by atoms with Crippen LogP contribution in [-0.2, 0) is 0 Å². The molecule has 0 unspecified atom stereocenters. The maximum absolute atomic E-state index is 11.5. The molecule has 0 saturated heterocycles. The molecule has 0 amide bonds. The molecule has 0 fully saturated rings. The van der Waals surface area contributed by atoms with Crippen molar-refractivity contribution in [2.75, 3.05) is 0 Å². The molecule has 0 spiro atoms. The fourth-order valence-electron chi connectivity index (χ4n) is 4.97. The summed E-state index contributed by atoms with van der Waals surface area (Å²) >= 11 is 0. The molecule has 0 aliphatic carbocycles. The van der Waals surface area contributed by atoms with E-state index in [4.69, 9.17) is 4.99 Å². The van der Waals surface area contributed by atoms with Crippen molar-refractivity contribution in [3.05, 3.63) is 108 Å². The predicted molar refractivity (Wildman–Crippen MR) is 150 cm³/mol. The Balaban J connectivity index is 1.70. The van der Waals surface area contributed by atoms with Gasteiger partial charge in [-0.3, -0.25) is 4.99 Å². The zero-order valence-corrected chi connectivity index (χ0v) is 20.8. The average molecular weight is 458 g/mol. The SMILES string of the molecule is CC(C)c1cccc(C(C)C)c1/N=C/c1cccc(-c2c3ccccc3cc3ccccc23)c1O. The van der Waals surface area contributed by atoms with E-state index in [-0.39, 0.29) is 5.75 Å². The summed E-state index contributed by atoms with van der Waals surface area (Å²) < 4.78 is 0. The molecule has 1 N–H and O–H groups in total. The van der Waals surface area contributed by atoms with Crippen molar-refractivity contribution >= 4 is 33.4 Å². The smallest absolute Gasteiger partial charge is 0.132 e. The standard InChI is InChI=1S/C33H31NO/c1-21(2)26-16-10-17-27(22(3)4)32(26)34-20-25-13-9-18-30(33(25)35)31-28-14-7-5-11-23(28)19-24-12-6-8-15-29(24)31/h5-22,35H,1-4H3/b34-20+. The van der Waals surface area contributed by atoms with Gasteiger partial charge in [0.05, 0.1) is 5.69 Å². The minimum absolute atomic E-state index is 0.255. The van der Waals surface area contributed by atoms with Gasteiger partial charge in [0, 0.05) is 22.9 Å². The second kappa shape index (κ2) is 9.38. The van der Waals surface area contributed by atoms with Gasteiger partial charge < -0.3 is 5.11 Å². The molecule has 0 aliphatic heterocycles. The van der Waals surface area contributed by atoms with Crippen LogP contribution in [-0.4, -0.2) is 11.3 Å². The molecule has 0 atom stereocenters. The lowest BCUT2D eigenvalue weighted by Crippen LogP contribution is -1.96. The minimum Gasteiger partial charge on any atom is -0.507 e. The third-order valence-corrected chi connectivity index (χ3v) is 6.78. The summed E-state index contributed by atoms with van der Waals surface area (Å²) in [7, 11) is 0. The van der Waals surface area contributed by atoms with Gasteiger partial charge in [0.2, 0.25) is 0 Å². The van der Waals surface area contributed by atoms with E-state index in [2.05, 4.69) is 100 Å². The lowest BCUT2D eigenvalue weighted by molar-refractivity contribution is 0.476. The van der Waals surface area contributed by atoms with Crippen LogP contribution in [0.4, 0.5) is 5.69 Å². The monoisotopic (exact) mass is 457 g/mol. The van der Waals surface area contributed by atoms with Crippen LogP contribution in [0.3, 0.4) is 0 Å². The second-order valence-electron chi connectivity index (χ2n) is 9.79. The first-order chi connectivity index (χ1) is 17.0. The van der Waals surface area contributed by atoms with Crippen LogP contribution in [0, 0.1) is 0 Å². The fraction of sp³-hybridized carbons (Fsp3) is 0.182. The van der Waals surface area contributed by atoms with Gasteiger partial charge in [-0.2, -0.15) is 0 Å². The number of hydrogen-bond acceptors (Lipinski definition) is 2. The van der Waals surface area contributed by atoms with Crippen molar-refractivity contribution in [1.29, 1.82) is 0 Å². The predicted octanol–water partition coefficient (Wildman–Crippen LogP) is 9.36. The Hall–Kier alpha value is -3.91. The number of benzene rings is 5. The number of phenolic OH excluding ortho intramolecular Hbond substituents is 1. The van der Waals surface area contributed by atoms with Crippen molar-refractivity contribution in [2.45, 2.75) is 39.5 Å². The highest BCUT2D eigenvalue weighted by atomic mass is 16.3. The van der Waals surface area contributed by atoms with Crippen LogP contribution in [0.25, 0.3) is 32.7 Å². The average Bonchev–Trinajstić information content (AvgIpc) is 2.86. The van der Waals surface area contributed by atoms with E-state index >= 15 is 0 Å². The summed E-state index contributed by atoms with van der Waals surface area (Å²) in [6.07, 6.45) is 1.82. The first-order valence-corrected chi connectivity index (χ1v) is 12.4. The maximum atomic E-state index is 11.5. The molecule has 35 heavy (non-hydrogen) atoms. The van der Waals surface area contributed by atoms with Crippen molar-refractivity contribution in [3.63, 3.8) is 0 Å². The molecule has 5 aromatic carbocycles. The van der Waals surface area contributed by atoms with Gasteiger partial charge in [0.25, 0.3) is 0 Å². The molecule has 2 heteroatoms. The minimum atomic E-state index is 0.255. The van der Waals surface area contributed by atoms with Gasteiger partial charge >= 0.3 is 0 Å². The van der Waals surface area contributed by atoms with Crippen molar-refractivity contribution in [2.24, 2.45) is 4.99 Å². The number of fused-ring (bicyclic) bond motifs is 2. The molecule has 0 aromatic heterocycles. The number of aliphatic imine (C=N–C) groups is 1. The Labute approximate surface area is 207 Å². The van der Waals surface area contributed by atoms with E-state index in [0.717, 1.165) is 38.4 Å². The Kier molecular flexibility index (Phi) is 6.13. The molecule has 2 nitrogen and oxygen atoms in total. The van der Waals surface area contributed by atoms with Crippen LogP contribution in [0.1, 0.15) is 56.2 Å². The maximum Gasteiger partial charge on any atom is 0.132 e. The summed E-state index contributed by atoms with van der Waals surface area (Å²) in [6.45, 7) is 8.79. The molecular weight excluding hydrogens is 426 g/mol. The highest BCUT2D eigenvalue weighted by Gasteiger charge is 2.16. The van der Waals surface area contributed by atoms with Gasteiger partial charge in [0.15, 0.2) is 0 Å². The van der Waals surface area contributed by atoms with Crippen molar-refractivity contribution in [3.8, 4) is 16.9 Å². The quantitative estimate of drug-likeness (QED) is 0.207. The Morgan fingerprint density at radius 1 is 0.657 bits per heavy atom. The van der Waals surface area contributed by atoms with Crippen LogP contribution >= 0.6 is 0 Å². The number of nitrogens with zero attached hydrogens (tertiary/aromatic N) is 1. The number of para-hydroxylation sites is 2. The number of rotatable bonds is 5. The van der Waals surface area contributed by atoms with E-state index in [1.807, 2.05) is 24.4 Å². The van der Waals surface area contributed by atoms with Crippen molar-refractivity contribution < 1.29 is 5.11 Å². The van der Waals surface area contributed by atoms with Crippen LogP contribution in [0.2, 0.25) is 0 Å². The fourth-order valence-corrected chi connectivity index (χ4v) is 4.97. The van der Waals surface area contributed by atoms with E-state index in [0.29, 0.717) is 17.4 Å². The third-order valence-electron chi connectivity index (χ3n) is 6.78. The number of hydrogen-bond donors (Lipinski definition) is 1. The van der Waals surface area contributed by atoms with E-state index in [1.54, 1.807) is 0 Å².